The Balaban J connectivity index is 1.58. The predicted molar refractivity (Wildman–Crippen MR) is 92.6 cm³/mol. The highest BCUT2D eigenvalue weighted by Gasteiger charge is 2.09. The molecular weight excluding hydrogens is 340 g/mol. The Morgan fingerprint density at radius 3 is 2.96 bits per heavy atom. The first-order valence-corrected chi connectivity index (χ1v) is 7.62. The van der Waals surface area contributed by atoms with Crippen molar-refractivity contribution in [1.29, 1.82) is 0 Å². The lowest BCUT2D eigenvalue weighted by molar-refractivity contribution is -0.384. The first-order valence-electron chi connectivity index (χ1n) is 7.62. The quantitative estimate of drug-likeness (QED) is 0.392. The number of carbonyl (C=O) groups is 1. The topological polar surface area (TPSA) is 136 Å². The van der Waals surface area contributed by atoms with E-state index in [0.29, 0.717) is 6.54 Å². The van der Waals surface area contributed by atoms with Gasteiger partial charge >= 0.3 is 0 Å². The Morgan fingerprint density at radius 2 is 2.15 bits per heavy atom. The normalized spacial score (nSPS) is 11.1. The van der Waals surface area contributed by atoms with E-state index in [1.807, 2.05) is 24.3 Å². The van der Waals surface area contributed by atoms with Crippen molar-refractivity contribution in [1.82, 2.24) is 20.4 Å². The highest BCUT2D eigenvalue weighted by atomic mass is 16.6. The molecule has 132 valence electrons. The van der Waals surface area contributed by atoms with Crippen molar-refractivity contribution in [3.63, 3.8) is 0 Å². The molecular formula is C16H14N6O4. The van der Waals surface area contributed by atoms with Crippen LogP contribution in [0.3, 0.4) is 0 Å². The Hall–Kier alpha value is -3.82. The number of aryl methyl sites for hydroxylation is 1. The van der Waals surface area contributed by atoms with Gasteiger partial charge in [0.25, 0.3) is 5.69 Å². The summed E-state index contributed by atoms with van der Waals surface area (Å²) in [5, 5.41) is 32.1. The highest BCUT2D eigenvalue weighted by molar-refractivity contribution is 5.86. The number of hydrazone groups is 1. The minimum Gasteiger partial charge on any atom is -0.507 e. The molecule has 10 heteroatoms. The molecule has 1 aromatic heterocycles. The lowest BCUT2D eigenvalue weighted by Gasteiger charge is -2.02. The first kappa shape index (κ1) is 17.0. The van der Waals surface area contributed by atoms with E-state index in [9.17, 15) is 20.0 Å². The second-order valence-electron chi connectivity index (χ2n) is 5.34. The highest BCUT2D eigenvalue weighted by Crippen LogP contribution is 2.21. The predicted octanol–water partition coefficient (Wildman–Crippen LogP) is 1.59. The molecule has 0 saturated heterocycles. The fourth-order valence-electron chi connectivity index (χ4n) is 2.28. The number of para-hydroxylation sites is 1. The summed E-state index contributed by atoms with van der Waals surface area (Å²) in [6, 6.07) is 10.9. The van der Waals surface area contributed by atoms with Gasteiger partial charge in [0, 0.05) is 24.1 Å². The van der Waals surface area contributed by atoms with Crippen molar-refractivity contribution >= 4 is 28.8 Å². The molecule has 0 fully saturated rings. The number of amides is 1. The lowest BCUT2D eigenvalue weighted by atomic mass is 10.2. The molecule has 1 heterocycles. The summed E-state index contributed by atoms with van der Waals surface area (Å²) >= 11 is 0. The summed E-state index contributed by atoms with van der Waals surface area (Å²) in [7, 11) is 0. The Kier molecular flexibility index (Phi) is 4.83. The van der Waals surface area contributed by atoms with Crippen molar-refractivity contribution in [3.05, 3.63) is 58.1 Å². The van der Waals surface area contributed by atoms with E-state index >= 15 is 0 Å². The summed E-state index contributed by atoms with van der Waals surface area (Å²) in [5.74, 6) is -0.548. The second-order valence-corrected chi connectivity index (χ2v) is 5.34. The lowest BCUT2D eigenvalue weighted by Crippen LogP contribution is -2.19. The molecule has 0 spiro atoms. The zero-order valence-corrected chi connectivity index (χ0v) is 13.4. The van der Waals surface area contributed by atoms with E-state index in [1.165, 1.54) is 12.1 Å². The first-order chi connectivity index (χ1) is 12.5. The summed E-state index contributed by atoms with van der Waals surface area (Å²) in [4.78, 5) is 22.0. The molecule has 0 atom stereocenters. The van der Waals surface area contributed by atoms with Crippen LogP contribution in [0.15, 0.2) is 47.6 Å². The van der Waals surface area contributed by atoms with E-state index < -0.39 is 4.92 Å². The van der Waals surface area contributed by atoms with Crippen LogP contribution in [0.2, 0.25) is 0 Å². The summed E-state index contributed by atoms with van der Waals surface area (Å²) in [5.41, 5.74) is 3.81. The van der Waals surface area contributed by atoms with Crippen LogP contribution >= 0.6 is 0 Å². The van der Waals surface area contributed by atoms with Gasteiger partial charge in [-0.25, -0.2) is 10.1 Å². The van der Waals surface area contributed by atoms with E-state index in [0.717, 1.165) is 23.3 Å². The van der Waals surface area contributed by atoms with Crippen molar-refractivity contribution < 1.29 is 14.8 Å². The zero-order valence-electron chi connectivity index (χ0n) is 13.4. The summed E-state index contributed by atoms with van der Waals surface area (Å²) in [6.07, 6.45) is 1.26. The van der Waals surface area contributed by atoms with Crippen LogP contribution in [0.4, 0.5) is 5.69 Å². The van der Waals surface area contributed by atoms with Crippen molar-refractivity contribution in [2.45, 2.75) is 13.0 Å². The number of nitrogens with zero attached hydrogens (tertiary/aromatic N) is 5. The van der Waals surface area contributed by atoms with Crippen LogP contribution in [-0.2, 0) is 11.3 Å². The van der Waals surface area contributed by atoms with E-state index in [4.69, 9.17) is 0 Å². The molecule has 1 amide bonds. The van der Waals surface area contributed by atoms with Gasteiger partial charge in [-0.2, -0.15) is 5.10 Å². The molecule has 2 aromatic carbocycles. The van der Waals surface area contributed by atoms with Gasteiger partial charge in [0.15, 0.2) is 0 Å². The largest absolute Gasteiger partial charge is 0.507 e. The fraction of sp³-hybridized carbons (Fsp3) is 0.125. The van der Waals surface area contributed by atoms with Crippen LogP contribution in [0.25, 0.3) is 11.0 Å². The number of nitro groups is 1. The maximum absolute atomic E-state index is 11.9. The number of non-ortho nitro benzene ring substituents is 1. The molecule has 0 aliphatic heterocycles. The third kappa shape index (κ3) is 3.80. The minimum absolute atomic E-state index is 0.117. The molecule has 0 unspecified atom stereocenters. The number of aromatic nitrogens is 3. The number of aromatic hydroxyl groups is 1. The average molecular weight is 354 g/mol. The maximum atomic E-state index is 11.9. The van der Waals surface area contributed by atoms with E-state index in [2.05, 4.69) is 20.8 Å². The summed E-state index contributed by atoms with van der Waals surface area (Å²) < 4.78 is 1.62. The molecule has 2 N–H and O–H groups in total. The van der Waals surface area contributed by atoms with Crippen molar-refractivity contribution in [3.8, 4) is 5.75 Å². The number of nitro benzene ring substituents is 1. The minimum atomic E-state index is -0.586. The van der Waals surface area contributed by atoms with Crippen LogP contribution < -0.4 is 5.43 Å². The Morgan fingerprint density at radius 1 is 1.35 bits per heavy atom. The second kappa shape index (κ2) is 7.38. The Labute approximate surface area is 146 Å². The molecule has 0 bridgehead atoms. The maximum Gasteiger partial charge on any atom is 0.270 e. The van der Waals surface area contributed by atoms with Gasteiger partial charge in [-0.05, 0) is 18.2 Å². The zero-order chi connectivity index (χ0) is 18.5. The number of carbonyl (C=O) groups excluding carboxylic acids is 1. The fourth-order valence-corrected chi connectivity index (χ4v) is 2.28. The number of benzene rings is 2. The van der Waals surface area contributed by atoms with Crippen LogP contribution in [-0.4, -0.2) is 37.1 Å². The van der Waals surface area contributed by atoms with Gasteiger partial charge in [-0.15, -0.1) is 5.10 Å². The molecule has 26 heavy (non-hydrogen) atoms. The third-order valence-electron chi connectivity index (χ3n) is 3.59. The Bertz CT molecular complexity index is 997. The van der Waals surface area contributed by atoms with Crippen molar-refractivity contribution in [2.24, 2.45) is 5.10 Å². The van der Waals surface area contributed by atoms with E-state index in [1.54, 1.807) is 4.68 Å². The van der Waals surface area contributed by atoms with Gasteiger partial charge in [0.1, 0.15) is 11.3 Å². The molecule has 0 aliphatic carbocycles. The third-order valence-corrected chi connectivity index (χ3v) is 3.59. The average Bonchev–Trinajstić information content (AvgIpc) is 3.04. The van der Waals surface area contributed by atoms with Crippen molar-refractivity contribution in [2.75, 3.05) is 0 Å². The molecule has 0 radical (unpaired) electrons. The molecule has 3 rings (SSSR count). The number of hydrogen-bond acceptors (Lipinski definition) is 7. The van der Waals surface area contributed by atoms with Gasteiger partial charge in [-0.3, -0.25) is 14.9 Å². The van der Waals surface area contributed by atoms with Gasteiger partial charge < -0.3 is 5.11 Å². The SMILES string of the molecule is O=C(CCn1nnc2ccccc21)N/N=C\c1cc([N+](=O)[O-])ccc1O. The van der Waals surface area contributed by atoms with Crippen LogP contribution in [0.5, 0.6) is 5.75 Å². The number of phenolic OH excluding ortho intramolecular Hbond substituents is 1. The summed E-state index contributed by atoms with van der Waals surface area (Å²) in [6.45, 7) is 0.323. The smallest absolute Gasteiger partial charge is 0.270 e. The number of fused-ring (bicyclic) bond motifs is 1. The number of phenols is 1. The molecule has 10 nitrogen and oxygen atoms in total. The van der Waals surface area contributed by atoms with E-state index in [-0.39, 0.29) is 29.3 Å². The van der Waals surface area contributed by atoms with Crippen LogP contribution in [0, 0.1) is 10.1 Å². The molecule has 3 aromatic rings. The monoisotopic (exact) mass is 354 g/mol. The van der Waals surface area contributed by atoms with Gasteiger partial charge in [0.2, 0.25) is 5.91 Å². The number of rotatable bonds is 6. The molecule has 0 saturated carbocycles. The number of nitrogens with one attached hydrogen (secondary N) is 1. The van der Waals surface area contributed by atoms with Gasteiger partial charge in [0.05, 0.1) is 23.2 Å². The molecule has 0 aliphatic rings. The number of hydrogen-bond donors (Lipinski definition) is 2. The van der Waals surface area contributed by atoms with Gasteiger partial charge in [-0.1, -0.05) is 17.3 Å². The standard InChI is InChI=1S/C16H14N6O4/c23-15-6-5-12(22(25)26)9-11(15)10-17-19-16(24)7-8-21-14-4-2-1-3-13(14)18-20-21/h1-6,9-10,23H,7-8H2,(H,19,24)/b17-10-. The van der Waals surface area contributed by atoms with Crippen LogP contribution in [0.1, 0.15) is 12.0 Å².